The number of halogens is 3. The summed E-state index contributed by atoms with van der Waals surface area (Å²) in [5, 5.41) is 6.95. The number of carbonyl (C=O) groups excluding carboxylic acids is 1. The van der Waals surface area contributed by atoms with Crippen molar-refractivity contribution in [1.82, 2.24) is 14.9 Å². The Bertz CT molecular complexity index is 604. The van der Waals surface area contributed by atoms with E-state index in [0.717, 1.165) is 10.7 Å². The van der Waals surface area contributed by atoms with Crippen LogP contribution in [-0.2, 0) is 17.5 Å². The molecular weight excluding hydrogens is 277 g/mol. The molecule has 0 spiro atoms. The Morgan fingerprint density at radius 1 is 1.50 bits per heavy atom. The molecule has 0 bridgehead atoms. The van der Waals surface area contributed by atoms with E-state index in [1.807, 2.05) is 0 Å². The number of rotatable bonds is 3. The standard InChI is InChI=1S/C11H11F3N4O2/c1-7-5-8(11(12,13)14)15-18(7)6-10(19)17(2)9-3-4-20-16-9/h3-5H,6H2,1-2H3. The summed E-state index contributed by atoms with van der Waals surface area (Å²) < 4.78 is 43.1. The number of hydrogen-bond acceptors (Lipinski definition) is 4. The first-order chi connectivity index (χ1) is 9.29. The van der Waals surface area contributed by atoms with Crippen molar-refractivity contribution in [3.05, 3.63) is 29.8 Å². The van der Waals surface area contributed by atoms with E-state index in [4.69, 9.17) is 0 Å². The molecule has 0 atom stereocenters. The van der Waals surface area contributed by atoms with Crippen molar-refractivity contribution >= 4 is 11.7 Å². The molecule has 20 heavy (non-hydrogen) atoms. The molecule has 0 aliphatic heterocycles. The SMILES string of the molecule is Cc1cc(C(F)(F)F)nn1CC(=O)N(C)c1ccon1. The van der Waals surface area contributed by atoms with Crippen LogP contribution >= 0.6 is 0 Å². The van der Waals surface area contributed by atoms with Crippen molar-refractivity contribution in [3.63, 3.8) is 0 Å². The van der Waals surface area contributed by atoms with Crippen molar-refractivity contribution in [2.45, 2.75) is 19.6 Å². The van der Waals surface area contributed by atoms with Crippen LogP contribution in [0.25, 0.3) is 0 Å². The maximum atomic E-state index is 12.5. The molecular formula is C11H11F3N4O2. The normalized spacial score (nSPS) is 11.7. The van der Waals surface area contributed by atoms with Gasteiger partial charge >= 0.3 is 6.18 Å². The summed E-state index contributed by atoms with van der Waals surface area (Å²) in [6.45, 7) is 1.14. The lowest BCUT2D eigenvalue weighted by atomic mass is 10.3. The van der Waals surface area contributed by atoms with E-state index in [1.54, 1.807) is 0 Å². The number of alkyl halides is 3. The van der Waals surface area contributed by atoms with Gasteiger partial charge in [-0.1, -0.05) is 5.16 Å². The highest BCUT2D eigenvalue weighted by molar-refractivity contribution is 5.91. The van der Waals surface area contributed by atoms with Crippen molar-refractivity contribution in [2.75, 3.05) is 11.9 Å². The summed E-state index contributed by atoms with van der Waals surface area (Å²) in [5.41, 5.74) is -0.772. The van der Waals surface area contributed by atoms with Crippen molar-refractivity contribution < 1.29 is 22.5 Å². The number of likely N-dealkylation sites (N-methyl/N-ethyl adjacent to an activating group) is 1. The molecule has 2 aromatic rings. The van der Waals surface area contributed by atoms with Gasteiger partial charge in [0.2, 0.25) is 5.91 Å². The van der Waals surface area contributed by atoms with Crippen molar-refractivity contribution in [1.29, 1.82) is 0 Å². The van der Waals surface area contributed by atoms with Gasteiger partial charge < -0.3 is 4.52 Å². The van der Waals surface area contributed by atoms with Crippen LogP contribution in [0, 0.1) is 6.92 Å². The summed E-state index contributed by atoms with van der Waals surface area (Å²) >= 11 is 0. The summed E-state index contributed by atoms with van der Waals surface area (Å²) in [5.74, 6) is -0.185. The molecule has 2 rings (SSSR count). The fourth-order valence-corrected chi connectivity index (χ4v) is 1.55. The van der Waals surface area contributed by atoms with Gasteiger partial charge in [0.05, 0.1) is 0 Å². The smallest absolute Gasteiger partial charge is 0.363 e. The maximum Gasteiger partial charge on any atom is 0.435 e. The number of hydrogen-bond donors (Lipinski definition) is 0. The van der Waals surface area contributed by atoms with Gasteiger partial charge in [0.25, 0.3) is 0 Å². The van der Waals surface area contributed by atoms with E-state index in [1.165, 1.54) is 31.2 Å². The van der Waals surface area contributed by atoms with Crippen LogP contribution in [0.5, 0.6) is 0 Å². The summed E-state index contributed by atoms with van der Waals surface area (Å²) in [6.07, 6.45) is -3.24. The van der Waals surface area contributed by atoms with Crippen LogP contribution < -0.4 is 4.90 Å². The van der Waals surface area contributed by atoms with Crippen LogP contribution in [0.1, 0.15) is 11.4 Å². The lowest BCUT2D eigenvalue weighted by Crippen LogP contribution is -2.31. The molecule has 108 valence electrons. The monoisotopic (exact) mass is 288 g/mol. The molecule has 0 aromatic carbocycles. The number of anilines is 1. The third-order valence-electron chi connectivity index (χ3n) is 2.70. The van der Waals surface area contributed by atoms with Crippen LogP contribution in [0.2, 0.25) is 0 Å². The Labute approximate surface area is 111 Å². The van der Waals surface area contributed by atoms with Crippen LogP contribution in [-0.4, -0.2) is 27.9 Å². The minimum absolute atomic E-state index is 0.249. The maximum absolute atomic E-state index is 12.5. The zero-order valence-electron chi connectivity index (χ0n) is 10.7. The molecule has 0 unspecified atom stereocenters. The first kappa shape index (κ1) is 14.1. The van der Waals surface area contributed by atoms with Crippen LogP contribution in [0.3, 0.4) is 0 Å². The lowest BCUT2D eigenvalue weighted by molar-refractivity contribution is -0.141. The van der Waals surface area contributed by atoms with E-state index in [-0.39, 0.29) is 18.1 Å². The third kappa shape index (κ3) is 2.81. The Morgan fingerprint density at radius 2 is 2.20 bits per heavy atom. The van der Waals surface area contributed by atoms with E-state index in [0.29, 0.717) is 0 Å². The molecule has 6 nitrogen and oxygen atoms in total. The summed E-state index contributed by atoms with van der Waals surface area (Å²) in [4.78, 5) is 13.1. The zero-order chi connectivity index (χ0) is 14.9. The van der Waals surface area contributed by atoms with Crippen molar-refractivity contribution in [2.24, 2.45) is 0 Å². The lowest BCUT2D eigenvalue weighted by Gasteiger charge is -2.13. The third-order valence-corrected chi connectivity index (χ3v) is 2.70. The molecule has 2 heterocycles. The number of aromatic nitrogens is 3. The van der Waals surface area contributed by atoms with Gasteiger partial charge in [-0.15, -0.1) is 0 Å². The fourth-order valence-electron chi connectivity index (χ4n) is 1.55. The first-order valence-electron chi connectivity index (χ1n) is 5.57. The largest absolute Gasteiger partial charge is 0.435 e. The summed E-state index contributed by atoms with van der Waals surface area (Å²) in [6, 6.07) is 2.36. The predicted octanol–water partition coefficient (Wildman–Crippen LogP) is 1.86. The zero-order valence-corrected chi connectivity index (χ0v) is 10.7. The first-order valence-corrected chi connectivity index (χ1v) is 5.57. The number of aryl methyl sites for hydroxylation is 1. The molecule has 0 aliphatic carbocycles. The minimum atomic E-state index is -4.53. The van der Waals surface area contributed by atoms with E-state index >= 15 is 0 Å². The quantitative estimate of drug-likeness (QED) is 0.864. The highest BCUT2D eigenvalue weighted by atomic mass is 19.4. The van der Waals surface area contributed by atoms with E-state index in [2.05, 4.69) is 14.8 Å². The van der Waals surface area contributed by atoms with Crippen LogP contribution in [0.4, 0.5) is 19.0 Å². The average Bonchev–Trinajstić information content (AvgIpc) is 2.98. The predicted molar refractivity (Wildman–Crippen MR) is 61.9 cm³/mol. The second-order valence-electron chi connectivity index (χ2n) is 4.14. The fraction of sp³-hybridized carbons (Fsp3) is 0.364. The van der Waals surface area contributed by atoms with E-state index in [9.17, 15) is 18.0 Å². The Kier molecular flexibility index (Phi) is 3.51. The molecule has 1 amide bonds. The number of amides is 1. The topological polar surface area (TPSA) is 64.2 Å². The van der Waals surface area contributed by atoms with E-state index < -0.39 is 17.8 Å². The number of carbonyl (C=O) groups is 1. The van der Waals surface area contributed by atoms with Gasteiger partial charge in [-0.25, -0.2) is 0 Å². The van der Waals surface area contributed by atoms with Gasteiger partial charge in [-0.3, -0.25) is 14.4 Å². The van der Waals surface area contributed by atoms with Gasteiger partial charge in [-0.05, 0) is 13.0 Å². The Balaban J connectivity index is 2.14. The minimum Gasteiger partial charge on any atom is -0.363 e. The summed E-state index contributed by atoms with van der Waals surface area (Å²) in [7, 11) is 1.45. The molecule has 9 heteroatoms. The molecule has 0 aliphatic rings. The number of nitrogens with zero attached hydrogens (tertiary/aromatic N) is 4. The second-order valence-corrected chi connectivity index (χ2v) is 4.14. The second kappa shape index (κ2) is 4.99. The molecule has 0 fully saturated rings. The van der Waals surface area contributed by atoms with Gasteiger partial charge in [0.1, 0.15) is 12.8 Å². The average molecular weight is 288 g/mol. The molecule has 0 saturated carbocycles. The Morgan fingerprint density at radius 3 is 2.70 bits per heavy atom. The van der Waals surface area contributed by atoms with Gasteiger partial charge in [-0.2, -0.15) is 18.3 Å². The van der Waals surface area contributed by atoms with Gasteiger partial charge in [0, 0.05) is 18.8 Å². The van der Waals surface area contributed by atoms with Crippen molar-refractivity contribution in [3.8, 4) is 0 Å². The highest BCUT2D eigenvalue weighted by Gasteiger charge is 2.34. The van der Waals surface area contributed by atoms with Crippen LogP contribution in [0.15, 0.2) is 22.9 Å². The highest BCUT2D eigenvalue weighted by Crippen LogP contribution is 2.28. The molecule has 2 aromatic heterocycles. The Hall–Kier alpha value is -2.32. The molecule has 0 radical (unpaired) electrons. The molecule has 0 N–H and O–H groups in total. The molecule has 0 saturated heterocycles. The van der Waals surface area contributed by atoms with Gasteiger partial charge in [0.15, 0.2) is 11.5 Å².